The van der Waals surface area contributed by atoms with E-state index >= 15 is 0 Å². The van der Waals surface area contributed by atoms with E-state index in [4.69, 9.17) is 0 Å². The smallest absolute Gasteiger partial charge is 0.256 e. The maximum atomic E-state index is 12.5. The number of halogens is 1. The van der Waals surface area contributed by atoms with Gasteiger partial charge in [-0.1, -0.05) is 35.0 Å². The summed E-state index contributed by atoms with van der Waals surface area (Å²) in [6, 6.07) is 13.6. The van der Waals surface area contributed by atoms with Crippen molar-refractivity contribution in [2.24, 2.45) is 0 Å². The summed E-state index contributed by atoms with van der Waals surface area (Å²) >= 11 is 5.19. The van der Waals surface area contributed by atoms with E-state index in [1.807, 2.05) is 49.4 Å². The zero-order valence-electron chi connectivity index (χ0n) is 12.2. The summed E-state index contributed by atoms with van der Waals surface area (Å²) < 4.78 is 1.04. The van der Waals surface area contributed by atoms with Gasteiger partial charge in [-0.05, 0) is 55.0 Å². The number of carbonyl (C=O) groups excluding carboxylic acids is 1. The van der Waals surface area contributed by atoms with Crippen LogP contribution >= 0.6 is 27.7 Å². The zero-order chi connectivity index (χ0) is 15.2. The molecule has 1 amide bonds. The molecular formula is C17H18BrNOS. The summed E-state index contributed by atoms with van der Waals surface area (Å²) in [7, 11) is 0. The van der Waals surface area contributed by atoms with Gasteiger partial charge in [0.2, 0.25) is 0 Å². The minimum Gasteiger partial charge on any atom is -0.322 e. The number of benzene rings is 2. The van der Waals surface area contributed by atoms with Crippen molar-refractivity contribution in [3.63, 3.8) is 0 Å². The lowest BCUT2D eigenvalue weighted by atomic mass is 10.2. The van der Waals surface area contributed by atoms with Crippen LogP contribution in [0, 0.1) is 6.92 Å². The second-order valence-corrected chi connectivity index (χ2v) is 6.75. The Bertz CT molecular complexity index is 642. The number of carbonyl (C=O) groups is 1. The molecule has 0 aliphatic carbocycles. The Morgan fingerprint density at radius 1 is 1.24 bits per heavy atom. The van der Waals surface area contributed by atoms with Crippen molar-refractivity contribution < 1.29 is 4.79 Å². The fraction of sp³-hybridized carbons (Fsp3) is 0.235. The first-order valence-electron chi connectivity index (χ1n) is 6.91. The topological polar surface area (TPSA) is 29.1 Å². The highest BCUT2D eigenvalue weighted by molar-refractivity contribution is 9.10. The van der Waals surface area contributed by atoms with Crippen molar-refractivity contribution in [2.45, 2.75) is 25.2 Å². The van der Waals surface area contributed by atoms with Crippen molar-refractivity contribution in [3.8, 4) is 0 Å². The molecule has 0 unspecified atom stereocenters. The Kier molecular flexibility index (Phi) is 5.88. The predicted molar refractivity (Wildman–Crippen MR) is 94.3 cm³/mol. The Labute approximate surface area is 138 Å². The van der Waals surface area contributed by atoms with Crippen LogP contribution in [0.5, 0.6) is 0 Å². The number of hydrogen-bond donors (Lipinski definition) is 1. The molecule has 2 nitrogen and oxygen atoms in total. The van der Waals surface area contributed by atoms with E-state index in [-0.39, 0.29) is 5.91 Å². The van der Waals surface area contributed by atoms with Crippen LogP contribution in [0.1, 0.15) is 29.3 Å². The number of anilines is 1. The molecule has 0 saturated carbocycles. The first kappa shape index (κ1) is 16.1. The summed E-state index contributed by atoms with van der Waals surface area (Å²) in [4.78, 5) is 13.5. The van der Waals surface area contributed by atoms with Gasteiger partial charge >= 0.3 is 0 Å². The van der Waals surface area contributed by atoms with Gasteiger partial charge in [0.15, 0.2) is 0 Å². The molecule has 2 aromatic rings. The lowest BCUT2D eigenvalue weighted by Crippen LogP contribution is -2.13. The van der Waals surface area contributed by atoms with Crippen LogP contribution < -0.4 is 5.32 Å². The second kappa shape index (κ2) is 7.66. The zero-order valence-corrected chi connectivity index (χ0v) is 14.6. The molecule has 0 heterocycles. The minimum atomic E-state index is -0.0593. The number of aryl methyl sites for hydroxylation is 1. The van der Waals surface area contributed by atoms with Crippen molar-refractivity contribution in [3.05, 3.63) is 58.1 Å². The lowest BCUT2D eigenvalue weighted by Gasteiger charge is -2.10. The molecule has 2 rings (SSSR count). The summed E-state index contributed by atoms with van der Waals surface area (Å²) in [6.45, 7) is 4.14. The van der Waals surface area contributed by atoms with Gasteiger partial charge in [0.25, 0.3) is 5.91 Å². The van der Waals surface area contributed by atoms with Gasteiger partial charge in [-0.2, -0.15) is 0 Å². The van der Waals surface area contributed by atoms with Gasteiger partial charge < -0.3 is 5.32 Å². The monoisotopic (exact) mass is 363 g/mol. The lowest BCUT2D eigenvalue weighted by molar-refractivity contribution is 0.102. The van der Waals surface area contributed by atoms with Crippen LogP contribution in [0.25, 0.3) is 0 Å². The van der Waals surface area contributed by atoms with Gasteiger partial charge in [0, 0.05) is 15.1 Å². The molecule has 0 aliphatic heterocycles. The largest absolute Gasteiger partial charge is 0.322 e. The van der Waals surface area contributed by atoms with Crippen molar-refractivity contribution in [2.75, 3.05) is 11.1 Å². The van der Waals surface area contributed by atoms with E-state index in [1.165, 1.54) is 0 Å². The maximum absolute atomic E-state index is 12.5. The number of nitrogens with one attached hydrogen (secondary N) is 1. The molecule has 0 fully saturated rings. The number of rotatable bonds is 5. The van der Waals surface area contributed by atoms with Crippen LogP contribution in [0.4, 0.5) is 5.69 Å². The molecule has 1 N–H and O–H groups in total. The average Bonchev–Trinajstić information content (AvgIpc) is 2.49. The molecule has 0 bridgehead atoms. The first-order valence-corrected chi connectivity index (χ1v) is 8.69. The summed E-state index contributed by atoms with van der Waals surface area (Å²) in [5.41, 5.74) is 2.65. The minimum absolute atomic E-state index is 0.0593. The third kappa shape index (κ3) is 4.35. The number of amides is 1. The number of thioether (sulfide) groups is 1. The third-order valence-corrected chi connectivity index (χ3v) is 5.18. The van der Waals surface area contributed by atoms with Gasteiger partial charge in [-0.15, -0.1) is 11.8 Å². The summed E-state index contributed by atoms with van der Waals surface area (Å²) in [6.07, 6.45) is 1.09. The Morgan fingerprint density at radius 3 is 2.71 bits per heavy atom. The predicted octanol–water partition coefficient (Wildman–Crippen LogP) is 5.51. The Balaban J connectivity index is 2.18. The Morgan fingerprint density at radius 2 is 2.00 bits per heavy atom. The molecule has 2 aromatic carbocycles. The Hall–Kier alpha value is -1.26. The molecule has 0 aliphatic rings. The quantitative estimate of drug-likeness (QED) is 0.709. The molecule has 0 aromatic heterocycles. The molecule has 4 heteroatoms. The summed E-state index contributed by atoms with van der Waals surface area (Å²) in [5, 5.41) is 2.97. The highest BCUT2D eigenvalue weighted by Gasteiger charge is 2.11. The van der Waals surface area contributed by atoms with Crippen molar-refractivity contribution >= 4 is 39.3 Å². The van der Waals surface area contributed by atoms with Crippen LogP contribution in [0.2, 0.25) is 0 Å². The second-order valence-electron chi connectivity index (χ2n) is 4.76. The van der Waals surface area contributed by atoms with E-state index in [9.17, 15) is 4.79 Å². The highest BCUT2D eigenvalue weighted by atomic mass is 79.9. The average molecular weight is 364 g/mol. The van der Waals surface area contributed by atoms with Gasteiger partial charge in [-0.25, -0.2) is 0 Å². The van der Waals surface area contributed by atoms with E-state index in [2.05, 4.69) is 28.2 Å². The standard InChI is InChI=1S/C17H18BrNOS/c1-3-10-21-16-7-5-4-6-14(16)17(20)19-13-8-9-15(18)12(2)11-13/h4-9,11H,3,10H2,1-2H3,(H,19,20). The molecule has 0 spiro atoms. The highest BCUT2D eigenvalue weighted by Crippen LogP contribution is 2.25. The van der Waals surface area contributed by atoms with Gasteiger partial charge in [-0.3, -0.25) is 4.79 Å². The van der Waals surface area contributed by atoms with Gasteiger partial charge in [0.1, 0.15) is 0 Å². The van der Waals surface area contributed by atoms with Crippen molar-refractivity contribution in [1.29, 1.82) is 0 Å². The molecule has 21 heavy (non-hydrogen) atoms. The van der Waals surface area contributed by atoms with E-state index in [0.29, 0.717) is 0 Å². The van der Waals surface area contributed by atoms with Crippen LogP contribution in [-0.2, 0) is 0 Å². The van der Waals surface area contributed by atoms with E-state index < -0.39 is 0 Å². The first-order chi connectivity index (χ1) is 10.1. The molecular weight excluding hydrogens is 346 g/mol. The van der Waals surface area contributed by atoms with Crippen LogP contribution in [0.15, 0.2) is 51.8 Å². The maximum Gasteiger partial charge on any atom is 0.256 e. The fourth-order valence-electron chi connectivity index (χ4n) is 1.91. The normalized spacial score (nSPS) is 10.4. The SMILES string of the molecule is CCCSc1ccccc1C(=O)Nc1ccc(Br)c(C)c1. The van der Waals surface area contributed by atoms with Crippen LogP contribution in [-0.4, -0.2) is 11.7 Å². The molecule has 0 radical (unpaired) electrons. The molecule has 110 valence electrons. The third-order valence-electron chi connectivity index (χ3n) is 3.01. The van der Waals surface area contributed by atoms with E-state index in [0.717, 1.165) is 38.4 Å². The van der Waals surface area contributed by atoms with E-state index in [1.54, 1.807) is 11.8 Å². The fourth-order valence-corrected chi connectivity index (χ4v) is 3.07. The molecule has 0 atom stereocenters. The van der Waals surface area contributed by atoms with Gasteiger partial charge in [0.05, 0.1) is 5.56 Å². The molecule has 0 saturated heterocycles. The van der Waals surface area contributed by atoms with Crippen molar-refractivity contribution in [1.82, 2.24) is 0 Å². The van der Waals surface area contributed by atoms with Crippen LogP contribution in [0.3, 0.4) is 0 Å². The number of hydrogen-bond acceptors (Lipinski definition) is 2. The summed E-state index contributed by atoms with van der Waals surface area (Å²) in [5.74, 6) is 0.956.